The van der Waals surface area contributed by atoms with Crippen LogP contribution >= 0.6 is 38.9 Å². The summed E-state index contributed by atoms with van der Waals surface area (Å²) in [5.41, 5.74) is 2.31. The number of aromatic nitrogens is 1. The van der Waals surface area contributed by atoms with Gasteiger partial charge in [0.2, 0.25) is 0 Å². The molecular formula is C20H20BrClFN5O3S2. The largest absolute Gasteiger partial charge is 0.395 e. The van der Waals surface area contributed by atoms with Crippen molar-refractivity contribution in [3.05, 3.63) is 73.5 Å². The van der Waals surface area contributed by atoms with E-state index in [1.165, 1.54) is 23.5 Å². The Labute approximate surface area is 208 Å². The first kappa shape index (κ1) is 24.5. The molecule has 0 unspecified atom stereocenters. The van der Waals surface area contributed by atoms with E-state index in [4.69, 9.17) is 21.7 Å². The van der Waals surface area contributed by atoms with Crippen LogP contribution in [-0.2, 0) is 10.2 Å². The minimum Gasteiger partial charge on any atom is -0.395 e. The molecule has 4 rings (SSSR count). The summed E-state index contributed by atoms with van der Waals surface area (Å²) in [6, 6.07) is 3.23. The second kappa shape index (κ2) is 10.3. The first-order valence-electron chi connectivity index (χ1n) is 9.90. The van der Waals surface area contributed by atoms with Crippen molar-refractivity contribution in [1.82, 2.24) is 19.3 Å². The molecule has 0 spiro atoms. The van der Waals surface area contributed by atoms with E-state index in [0.29, 0.717) is 29.4 Å². The number of aliphatic imine (C=N–C) groups is 1. The van der Waals surface area contributed by atoms with Gasteiger partial charge in [0, 0.05) is 53.4 Å². The average Bonchev–Trinajstić information content (AvgIpc) is 3.43. The Morgan fingerprint density at radius 1 is 1.42 bits per heavy atom. The second-order valence-corrected chi connectivity index (χ2v) is 10.7. The normalized spacial score (nSPS) is 21.1. The molecule has 0 bridgehead atoms. The van der Waals surface area contributed by atoms with Gasteiger partial charge in [0.05, 0.1) is 6.61 Å². The molecule has 1 aromatic heterocycles. The van der Waals surface area contributed by atoms with Crippen LogP contribution in [0.4, 0.5) is 4.39 Å². The number of thiazole rings is 1. The second-order valence-electron chi connectivity index (χ2n) is 7.30. The molecule has 8 nitrogen and oxygen atoms in total. The predicted molar refractivity (Wildman–Crippen MR) is 130 cm³/mol. The smallest absolute Gasteiger partial charge is 0.277 e. The van der Waals surface area contributed by atoms with Crippen molar-refractivity contribution in [2.45, 2.75) is 18.5 Å². The van der Waals surface area contributed by atoms with Crippen LogP contribution in [0.3, 0.4) is 0 Å². The molecule has 0 aliphatic carbocycles. The van der Waals surface area contributed by atoms with Crippen LogP contribution in [0, 0.1) is 5.82 Å². The number of aliphatic hydroxyl groups is 1. The fraction of sp³-hybridized carbons (Fsp3) is 0.300. The fourth-order valence-electron chi connectivity index (χ4n) is 3.89. The average molecular weight is 577 g/mol. The maximum absolute atomic E-state index is 13.7. The lowest BCUT2D eigenvalue weighted by Crippen LogP contribution is -2.45. The molecule has 33 heavy (non-hydrogen) atoms. The van der Waals surface area contributed by atoms with Crippen LogP contribution in [0.1, 0.15) is 23.0 Å². The Hall–Kier alpha value is -1.67. The molecule has 176 valence electrons. The highest BCUT2D eigenvalue weighted by atomic mass is 79.9. The van der Waals surface area contributed by atoms with Gasteiger partial charge >= 0.3 is 0 Å². The monoisotopic (exact) mass is 575 g/mol. The molecule has 13 heteroatoms. The maximum Gasteiger partial charge on any atom is 0.277 e. The number of nitrogens with one attached hydrogen (secondary N) is 2. The first-order valence-corrected chi connectivity index (χ1v) is 13.6. The van der Waals surface area contributed by atoms with Crippen molar-refractivity contribution in [2.24, 2.45) is 4.99 Å². The third-order valence-electron chi connectivity index (χ3n) is 5.15. The molecule has 1 saturated heterocycles. The molecule has 0 amide bonds. The van der Waals surface area contributed by atoms with Crippen molar-refractivity contribution >= 4 is 54.9 Å². The highest BCUT2D eigenvalue weighted by Gasteiger charge is 2.40. The summed E-state index contributed by atoms with van der Waals surface area (Å²) < 4.78 is 43.4. The van der Waals surface area contributed by atoms with Crippen LogP contribution < -0.4 is 9.44 Å². The molecular weight excluding hydrogens is 557 g/mol. The van der Waals surface area contributed by atoms with Gasteiger partial charge in [-0.25, -0.2) is 9.37 Å². The molecule has 1 aromatic carbocycles. The number of fused-ring (bicyclic) bond motifs is 1. The molecule has 2 aliphatic heterocycles. The van der Waals surface area contributed by atoms with Crippen LogP contribution in [0.2, 0.25) is 5.02 Å². The van der Waals surface area contributed by atoms with E-state index in [0.717, 1.165) is 11.3 Å². The summed E-state index contributed by atoms with van der Waals surface area (Å²) in [6.45, 7) is -0.0374. The summed E-state index contributed by atoms with van der Waals surface area (Å²) in [6.07, 6.45) is 3.91. The standard InChI is InChI=1S/C20H20BrClFN5O3S2/c21-4-3-15-17-10-13(27-33(30,31)25-5-7-29)11-28(17)19(20-24-6-8-32-20)26-18(15)14-2-1-12(23)9-16(14)22/h1-4,6,8-9,13,18,25,27,29H,5,7,10-11H2/b4-3+/t13-,18-/m0/s1. The van der Waals surface area contributed by atoms with E-state index < -0.39 is 28.1 Å². The maximum atomic E-state index is 13.7. The Morgan fingerprint density at radius 3 is 2.91 bits per heavy atom. The minimum atomic E-state index is -3.80. The number of aliphatic hydroxyl groups excluding tert-OH is 1. The minimum absolute atomic E-state index is 0.0804. The Balaban J connectivity index is 1.78. The zero-order chi connectivity index (χ0) is 23.6. The number of nitrogens with zero attached hydrogens (tertiary/aromatic N) is 3. The highest BCUT2D eigenvalue weighted by Crippen LogP contribution is 2.42. The van der Waals surface area contributed by atoms with Gasteiger partial charge < -0.3 is 10.0 Å². The lowest BCUT2D eigenvalue weighted by Gasteiger charge is -2.31. The fourth-order valence-corrected chi connectivity index (χ4v) is 6.12. The first-order chi connectivity index (χ1) is 15.8. The van der Waals surface area contributed by atoms with Gasteiger partial charge in [-0.1, -0.05) is 33.6 Å². The van der Waals surface area contributed by atoms with Gasteiger partial charge in [-0.15, -0.1) is 11.3 Å². The summed E-state index contributed by atoms with van der Waals surface area (Å²) in [5.74, 6) is 0.156. The summed E-state index contributed by atoms with van der Waals surface area (Å²) >= 11 is 11.1. The van der Waals surface area contributed by atoms with E-state index in [9.17, 15) is 12.8 Å². The molecule has 0 radical (unpaired) electrons. The summed E-state index contributed by atoms with van der Waals surface area (Å²) in [5, 5.41) is 11.7. The molecule has 0 saturated carbocycles. The Bertz CT molecular complexity index is 1220. The van der Waals surface area contributed by atoms with E-state index >= 15 is 0 Å². The molecule has 2 atom stereocenters. The third kappa shape index (κ3) is 5.37. The van der Waals surface area contributed by atoms with Crippen LogP contribution in [0.5, 0.6) is 0 Å². The molecule has 1 fully saturated rings. The van der Waals surface area contributed by atoms with Crippen molar-refractivity contribution in [2.75, 3.05) is 19.7 Å². The summed E-state index contributed by atoms with van der Waals surface area (Å²) in [7, 11) is -3.80. The molecule has 3 N–H and O–H groups in total. The van der Waals surface area contributed by atoms with Crippen LogP contribution in [-0.4, -0.2) is 55.0 Å². The van der Waals surface area contributed by atoms with Gasteiger partial charge in [-0.3, -0.25) is 4.99 Å². The number of rotatable bonds is 8. The highest BCUT2D eigenvalue weighted by molar-refractivity contribution is 9.11. The number of hydrogen-bond acceptors (Lipinski definition) is 7. The molecule has 3 heterocycles. The van der Waals surface area contributed by atoms with E-state index in [1.54, 1.807) is 17.2 Å². The Kier molecular flexibility index (Phi) is 7.63. The molecule has 2 aliphatic rings. The van der Waals surface area contributed by atoms with Crippen molar-refractivity contribution in [3.8, 4) is 0 Å². The van der Waals surface area contributed by atoms with E-state index in [2.05, 4.69) is 30.4 Å². The topological polar surface area (TPSA) is 107 Å². The molecule has 2 aromatic rings. The van der Waals surface area contributed by atoms with Gasteiger partial charge in [0.15, 0.2) is 10.8 Å². The van der Waals surface area contributed by atoms with E-state index in [-0.39, 0.29) is 18.2 Å². The van der Waals surface area contributed by atoms with Gasteiger partial charge in [0.1, 0.15) is 11.9 Å². The van der Waals surface area contributed by atoms with Crippen LogP contribution in [0.15, 0.2) is 57.1 Å². The zero-order valence-electron chi connectivity index (χ0n) is 17.1. The van der Waals surface area contributed by atoms with Gasteiger partial charge in [0.25, 0.3) is 10.2 Å². The SMILES string of the molecule is O=S(=O)(NCCO)N[C@H]1CC2=C(/C=C/Br)[C@H](c3ccc(F)cc3Cl)N=C(c3nccs3)N2C1. The lowest BCUT2D eigenvalue weighted by molar-refractivity contribution is 0.300. The van der Waals surface area contributed by atoms with Gasteiger partial charge in [-0.2, -0.15) is 17.9 Å². The lowest BCUT2D eigenvalue weighted by atomic mass is 9.94. The van der Waals surface area contributed by atoms with E-state index in [1.807, 2.05) is 16.4 Å². The van der Waals surface area contributed by atoms with Crippen molar-refractivity contribution < 1.29 is 17.9 Å². The number of hydrogen-bond donors (Lipinski definition) is 3. The summed E-state index contributed by atoms with van der Waals surface area (Å²) in [4.78, 5) is 13.0. The predicted octanol–water partition coefficient (Wildman–Crippen LogP) is 3.09. The Morgan fingerprint density at radius 2 is 2.24 bits per heavy atom. The third-order valence-corrected chi connectivity index (χ3v) is 7.74. The number of benzene rings is 1. The number of halogens is 3. The van der Waals surface area contributed by atoms with Crippen LogP contribution in [0.25, 0.3) is 0 Å². The quantitative estimate of drug-likeness (QED) is 0.448. The van der Waals surface area contributed by atoms with Crippen molar-refractivity contribution in [3.63, 3.8) is 0 Å². The number of amidine groups is 1. The van der Waals surface area contributed by atoms with Crippen molar-refractivity contribution in [1.29, 1.82) is 0 Å². The zero-order valence-corrected chi connectivity index (χ0v) is 21.1. The van der Waals surface area contributed by atoms with Gasteiger partial charge in [-0.05, 0) is 28.8 Å².